The third kappa shape index (κ3) is 1.59. The van der Waals surface area contributed by atoms with Crippen LogP contribution < -0.4 is 0 Å². The Bertz CT molecular complexity index is 731. The van der Waals surface area contributed by atoms with Gasteiger partial charge in [0.25, 0.3) is 0 Å². The van der Waals surface area contributed by atoms with Crippen LogP contribution in [-0.4, -0.2) is 19.6 Å². The lowest BCUT2D eigenvalue weighted by Crippen LogP contribution is -2.05. The van der Waals surface area contributed by atoms with E-state index >= 15 is 0 Å². The van der Waals surface area contributed by atoms with Gasteiger partial charge in [-0.1, -0.05) is 19.3 Å². The van der Waals surface area contributed by atoms with E-state index in [1.807, 2.05) is 17.0 Å². The van der Waals surface area contributed by atoms with E-state index < -0.39 is 0 Å². The lowest BCUT2D eigenvalue weighted by molar-refractivity contribution is 0.444. The van der Waals surface area contributed by atoms with E-state index in [1.165, 1.54) is 54.3 Å². The maximum absolute atomic E-state index is 4.66. The largest absolute Gasteiger partial charge is 0.346 e. The number of H-pyrrole nitrogens is 1. The molecule has 1 N–H and O–H groups in total. The van der Waals surface area contributed by atoms with E-state index in [2.05, 4.69) is 28.1 Å². The number of nitrogens with zero attached hydrogens (tertiary/aromatic N) is 3. The maximum Gasteiger partial charge on any atom is 0.141 e. The Hall–Kier alpha value is -1.84. The zero-order valence-electron chi connectivity index (χ0n) is 11.2. The van der Waals surface area contributed by atoms with Gasteiger partial charge in [0.1, 0.15) is 12.0 Å². The molecular weight excluding hydrogens is 236 g/mol. The second-order valence-electron chi connectivity index (χ2n) is 5.61. The van der Waals surface area contributed by atoms with Crippen molar-refractivity contribution >= 4 is 16.6 Å². The van der Waals surface area contributed by atoms with Crippen LogP contribution in [0.15, 0.2) is 18.6 Å². The average molecular weight is 254 g/mol. The van der Waals surface area contributed by atoms with Crippen molar-refractivity contribution < 1.29 is 0 Å². The minimum absolute atomic E-state index is 0.673. The van der Waals surface area contributed by atoms with Crippen LogP contribution in [-0.2, 0) is 0 Å². The predicted octanol–water partition coefficient (Wildman–Crippen LogP) is 3.57. The van der Waals surface area contributed by atoms with Crippen LogP contribution >= 0.6 is 0 Å². The molecule has 0 bridgehead atoms. The molecule has 0 amide bonds. The summed E-state index contributed by atoms with van der Waals surface area (Å²) in [6.07, 6.45) is 10.5. The molecule has 0 unspecified atom stereocenters. The summed E-state index contributed by atoms with van der Waals surface area (Å²) in [6, 6.07) is 2.12. The van der Waals surface area contributed by atoms with Crippen molar-refractivity contribution in [1.29, 1.82) is 0 Å². The van der Waals surface area contributed by atoms with Crippen molar-refractivity contribution in [2.24, 2.45) is 0 Å². The van der Waals surface area contributed by atoms with E-state index in [1.54, 1.807) is 0 Å². The molecule has 0 atom stereocenters. The van der Waals surface area contributed by atoms with Crippen LogP contribution in [0, 0.1) is 6.92 Å². The summed E-state index contributed by atoms with van der Waals surface area (Å²) < 4.78 is 1.95. The summed E-state index contributed by atoms with van der Waals surface area (Å²) in [5, 5.41) is 5.86. The van der Waals surface area contributed by atoms with Gasteiger partial charge in [-0.05, 0) is 31.7 Å². The lowest BCUT2D eigenvalue weighted by atomic mass is 9.83. The first-order valence-electron chi connectivity index (χ1n) is 7.15. The molecule has 3 aromatic rings. The topological polar surface area (TPSA) is 46.0 Å². The molecule has 3 heterocycles. The van der Waals surface area contributed by atoms with Crippen LogP contribution in [0.1, 0.15) is 49.3 Å². The van der Waals surface area contributed by atoms with Crippen LogP contribution in [0.25, 0.3) is 16.6 Å². The van der Waals surface area contributed by atoms with Crippen LogP contribution in [0.2, 0.25) is 0 Å². The van der Waals surface area contributed by atoms with E-state index in [0.717, 1.165) is 5.65 Å². The van der Waals surface area contributed by atoms with Crippen LogP contribution in [0.5, 0.6) is 0 Å². The summed E-state index contributed by atoms with van der Waals surface area (Å²) >= 11 is 0. The molecule has 0 spiro atoms. The summed E-state index contributed by atoms with van der Waals surface area (Å²) in [5.74, 6) is 0.673. The van der Waals surface area contributed by atoms with Crippen molar-refractivity contribution in [2.45, 2.75) is 44.9 Å². The van der Waals surface area contributed by atoms with Crippen molar-refractivity contribution in [3.63, 3.8) is 0 Å². The maximum atomic E-state index is 4.66. The van der Waals surface area contributed by atoms with Gasteiger partial charge in [0, 0.05) is 17.1 Å². The Morgan fingerprint density at radius 1 is 1.26 bits per heavy atom. The Kier molecular flexibility index (Phi) is 2.37. The Balaban J connectivity index is 2.01. The number of hydrogen-bond acceptors (Lipinski definition) is 2. The molecule has 1 aliphatic carbocycles. The number of hydrogen-bond donors (Lipinski definition) is 1. The van der Waals surface area contributed by atoms with Gasteiger partial charge in [-0.15, -0.1) is 0 Å². The Labute approximate surface area is 111 Å². The Morgan fingerprint density at radius 3 is 2.95 bits per heavy atom. The molecule has 98 valence electrons. The molecule has 4 rings (SSSR count). The van der Waals surface area contributed by atoms with Gasteiger partial charge in [0.2, 0.25) is 0 Å². The zero-order valence-corrected chi connectivity index (χ0v) is 11.2. The molecule has 0 aromatic carbocycles. The Morgan fingerprint density at radius 2 is 2.11 bits per heavy atom. The molecule has 0 saturated heterocycles. The second kappa shape index (κ2) is 4.08. The van der Waals surface area contributed by atoms with Crippen molar-refractivity contribution in [3.8, 4) is 0 Å². The molecule has 3 aromatic heterocycles. The molecule has 4 nitrogen and oxygen atoms in total. The molecule has 1 aliphatic rings. The molecule has 0 radical (unpaired) electrons. The van der Waals surface area contributed by atoms with Crippen molar-refractivity contribution in [2.75, 3.05) is 0 Å². The standard InChI is InChI=1S/C15H18N4/c1-10-13(11-5-3-2-4-6-11)14-12-7-8-16-15(12)17-9-19(14)18-10/h7-9,11,16H,2-6H2,1H3. The average Bonchev–Trinajstić information content (AvgIpc) is 3.02. The summed E-state index contributed by atoms with van der Waals surface area (Å²) in [5.41, 5.74) is 4.84. The highest BCUT2D eigenvalue weighted by molar-refractivity contribution is 5.93. The van der Waals surface area contributed by atoms with Gasteiger partial charge in [-0.25, -0.2) is 9.50 Å². The lowest BCUT2D eigenvalue weighted by Gasteiger charge is -2.21. The highest BCUT2D eigenvalue weighted by Gasteiger charge is 2.23. The SMILES string of the molecule is Cc1nn2cnc3[nH]ccc3c2c1C1CCCCC1. The number of rotatable bonds is 1. The van der Waals surface area contributed by atoms with Gasteiger partial charge in [0.15, 0.2) is 0 Å². The number of aromatic amines is 1. The fraction of sp³-hybridized carbons (Fsp3) is 0.467. The normalized spacial score (nSPS) is 17.5. The predicted molar refractivity (Wildman–Crippen MR) is 75.4 cm³/mol. The molecule has 0 aliphatic heterocycles. The molecule has 1 saturated carbocycles. The van der Waals surface area contributed by atoms with Crippen molar-refractivity contribution in [3.05, 3.63) is 29.8 Å². The molecule has 1 fully saturated rings. The minimum atomic E-state index is 0.673. The third-order valence-corrected chi connectivity index (χ3v) is 4.42. The van der Waals surface area contributed by atoms with Gasteiger partial charge in [-0.2, -0.15) is 5.10 Å². The van der Waals surface area contributed by atoms with Crippen LogP contribution in [0.3, 0.4) is 0 Å². The monoisotopic (exact) mass is 254 g/mol. The number of aryl methyl sites for hydroxylation is 1. The minimum Gasteiger partial charge on any atom is -0.346 e. The first-order chi connectivity index (χ1) is 9.34. The van der Waals surface area contributed by atoms with Gasteiger partial charge < -0.3 is 4.98 Å². The highest BCUT2D eigenvalue weighted by atomic mass is 15.2. The molecule has 4 heteroatoms. The van der Waals surface area contributed by atoms with Crippen LogP contribution in [0.4, 0.5) is 0 Å². The summed E-state index contributed by atoms with van der Waals surface area (Å²) in [6.45, 7) is 2.13. The first-order valence-corrected chi connectivity index (χ1v) is 7.15. The number of aromatic nitrogens is 4. The fourth-order valence-electron chi connectivity index (χ4n) is 3.56. The van der Waals surface area contributed by atoms with Crippen molar-refractivity contribution in [1.82, 2.24) is 19.6 Å². The number of fused-ring (bicyclic) bond motifs is 3. The highest BCUT2D eigenvalue weighted by Crippen LogP contribution is 2.38. The zero-order chi connectivity index (χ0) is 12.8. The second-order valence-corrected chi connectivity index (χ2v) is 5.61. The third-order valence-electron chi connectivity index (χ3n) is 4.42. The van der Waals surface area contributed by atoms with Gasteiger partial charge in [-0.3, -0.25) is 0 Å². The molecular formula is C15H18N4. The quantitative estimate of drug-likeness (QED) is 0.721. The van der Waals surface area contributed by atoms with Gasteiger partial charge >= 0.3 is 0 Å². The number of nitrogens with one attached hydrogen (secondary N) is 1. The fourth-order valence-corrected chi connectivity index (χ4v) is 3.56. The van der Waals surface area contributed by atoms with E-state index in [0.29, 0.717) is 5.92 Å². The smallest absolute Gasteiger partial charge is 0.141 e. The summed E-state index contributed by atoms with van der Waals surface area (Å²) in [7, 11) is 0. The van der Waals surface area contributed by atoms with E-state index in [4.69, 9.17) is 0 Å². The first kappa shape index (κ1) is 11.0. The van der Waals surface area contributed by atoms with E-state index in [9.17, 15) is 0 Å². The molecule has 19 heavy (non-hydrogen) atoms. The summed E-state index contributed by atoms with van der Waals surface area (Å²) in [4.78, 5) is 7.61. The van der Waals surface area contributed by atoms with E-state index in [-0.39, 0.29) is 0 Å². The van der Waals surface area contributed by atoms with Gasteiger partial charge in [0.05, 0.1) is 11.2 Å².